The van der Waals surface area contributed by atoms with Crippen molar-refractivity contribution >= 4 is 5.91 Å². The number of fused-ring (bicyclic) bond motifs is 1. The lowest BCUT2D eigenvalue weighted by Crippen LogP contribution is -2.55. The number of rotatable bonds is 5. The Morgan fingerprint density at radius 2 is 2.08 bits per heavy atom. The molecule has 0 aromatic carbocycles. The van der Waals surface area contributed by atoms with E-state index in [1.54, 1.807) is 12.4 Å². The number of morpholine rings is 1. The number of amides is 1. The number of aliphatic hydroxyl groups is 1. The predicted molar refractivity (Wildman–Crippen MR) is 90.6 cm³/mol. The van der Waals surface area contributed by atoms with Crippen LogP contribution in [0, 0.1) is 11.8 Å². The van der Waals surface area contributed by atoms with Gasteiger partial charge in [0.1, 0.15) is 0 Å². The molecule has 1 aromatic rings. The van der Waals surface area contributed by atoms with Crippen LogP contribution in [0.3, 0.4) is 0 Å². The molecule has 0 unspecified atom stereocenters. The Morgan fingerprint density at radius 1 is 1.28 bits per heavy atom. The highest BCUT2D eigenvalue weighted by Gasteiger charge is 2.45. The van der Waals surface area contributed by atoms with Crippen molar-refractivity contribution in [3.05, 3.63) is 30.1 Å². The number of hydrogen-bond donors (Lipinski definition) is 1. The van der Waals surface area contributed by atoms with Gasteiger partial charge in [0.15, 0.2) is 0 Å². The molecule has 2 heterocycles. The van der Waals surface area contributed by atoms with Crippen molar-refractivity contribution in [2.75, 3.05) is 19.8 Å². The maximum Gasteiger partial charge on any atom is 0.226 e. The number of carbonyl (C=O) groups excluding carboxylic acids is 1. The fourth-order valence-electron chi connectivity index (χ4n) is 4.31. The monoisotopic (exact) mass is 346 g/mol. The van der Waals surface area contributed by atoms with Crippen LogP contribution < -0.4 is 0 Å². The summed E-state index contributed by atoms with van der Waals surface area (Å²) in [5, 5.41) is 9.47. The summed E-state index contributed by atoms with van der Waals surface area (Å²) in [6, 6.07) is 4.10. The van der Waals surface area contributed by atoms with Crippen LogP contribution in [0.4, 0.5) is 0 Å². The molecule has 136 valence electrons. The fraction of sp³-hybridized carbons (Fsp3) is 0.684. The van der Waals surface area contributed by atoms with E-state index in [-0.39, 0.29) is 30.1 Å². The van der Waals surface area contributed by atoms with E-state index in [2.05, 4.69) is 4.98 Å². The zero-order chi connectivity index (χ0) is 17.2. The molecule has 3 atom stereocenters. The van der Waals surface area contributed by atoms with Crippen LogP contribution in [0.2, 0.25) is 0 Å². The van der Waals surface area contributed by atoms with Gasteiger partial charge in [-0.05, 0) is 49.3 Å². The maximum absolute atomic E-state index is 12.7. The number of ether oxygens (including phenoxy) is 2. The molecule has 0 radical (unpaired) electrons. The van der Waals surface area contributed by atoms with Gasteiger partial charge >= 0.3 is 0 Å². The number of aliphatic hydroxyl groups excluding tert-OH is 1. The SMILES string of the molecule is O=C(C1CC(O)C1)N1CCO[C@@H]2C[C@@H](COCc3ccncc3)C[C@@H]21. The van der Waals surface area contributed by atoms with Crippen LogP contribution in [0.5, 0.6) is 0 Å². The van der Waals surface area contributed by atoms with Crippen LogP contribution in [0.1, 0.15) is 31.2 Å². The van der Waals surface area contributed by atoms with E-state index >= 15 is 0 Å². The first-order valence-corrected chi connectivity index (χ1v) is 9.27. The maximum atomic E-state index is 12.7. The molecule has 4 rings (SSSR count). The van der Waals surface area contributed by atoms with Gasteiger partial charge in [-0.2, -0.15) is 0 Å². The van der Waals surface area contributed by atoms with Crippen molar-refractivity contribution < 1.29 is 19.4 Å². The van der Waals surface area contributed by atoms with E-state index in [0.717, 1.165) is 18.4 Å². The molecule has 6 heteroatoms. The number of pyridine rings is 1. The highest BCUT2D eigenvalue weighted by atomic mass is 16.5. The molecular weight excluding hydrogens is 320 g/mol. The first-order valence-electron chi connectivity index (χ1n) is 9.27. The first kappa shape index (κ1) is 16.9. The normalized spacial score (nSPS) is 34.4. The van der Waals surface area contributed by atoms with Gasteiger partial charge in [0.2, 0.25) is 5.91 Å². The third-order valence-corrected chi connectivity index (χ3v) is 5.75. The molecule has 0 spiro atoms. The van der Waals surface area contributed by atoms with Gasteiger partial charge in [-0.1, -0.05) is 0 Å². The summed E-state index contributed by atoms with van der Waals surface area (Å²) in [4.78, 5) is 18.7. The van der Waals surface area contributed by atoms with Gasteiger partial charge in [-0.25, -0.2) is 0 Å². The predicted octanol–water partition coefficient (Wildman–Crippen LogP) is 1.38. The van der Waals surface area contributed by atoms with Gasteiger partial charge in [0, 0.05) is 24.9 Å². The average Bonchev–Trinajstić information content (AvgIpc) is 3.02. The summed E-state index contributed by atoms with van der Waals surface area (Å²) in [5.74, 6) is 0.648. The second-order valence-corrected chi connectivity index (χ2v) is 7.54. The second-order valence-electron chi connectivity index (χ2n) is 7.54. The minimum atomic E-state index is -0.288. The van der Waals surface area contributed by atoms with Crippen molar-refractivity contribution in [2.45, 2.75) is 50.5 Å². The van der Waals surface area contributed by atoms with E-state index in [4.69, 9.17) is 9.47 Å². The summed E-state index contributed by atoms with van der Waals surface area (Å²) in [6.45, 7) is 2.59. The molecule has 1 N–H and O–H groups in total. The Hall–Kier alpha value is -1.50. The fourth-order valence-corrected chi connectivity index (χ4v) is 4.31. The molecule has 3 aliphatic rings. The van der Waals surface area contributed by atoms with E-state index < -0.39 is 0 Å². The zero-order valence-electron chi connectivity index (χ0n) is 14.4. The standard InChI is InChI=1S/C19H26N2O4/c22-16-9-15(10-16)19(23)21-5-6-25-18-8-14(7-17(18)21)12-24-11-13-1-3-20-4-2-13/h1-4,14-18,22H,5-12H2/t14-,15?,16?,17-,18+/m0/s1. The molecule has 1 aromatic heterocycles. The Labute approximate surface area is 148 Å². The summed E-state index contributed by atoms with van der Waals surface area (Å²) >= 11 is 0. The van der Waals surface area contributed by atoms with E-state index in [1.807, 2.05) is 17.0 Å². The molecule has 1 aliphatic heterocycles. The summed E-state index contributed by atoms with van der Waals surface area (Å²) in [5.41, 5.74) is 1.13. The minimum absolute atomic E-state index is 0.00994. The van der Waals surface area contributed by atoms with Crippen LogP contribution in [0.15, 0.2) is 24.5 Å². The molecule has 25 heavy (non-hydrogen) atoms. The smallest absolute Gasteiger partial charge is 0.226 e. The van der Waals surface area contributed by atoms with E-state index in [9.17, 15) is 9.90 Å². The third-order valence-electron chi connectivity index (χ3n) is 5.75. The minimum Gasteiger partial charge on any atom is -0.393 e. The quantitative estimate of drug-likeness (QED) is 0.872. The third kappa shape index (κ3) is 3.71. The summed E-state index contributed by atoms with van der Waals surface area (Å²) in [6.07, 6.45) is 6.54. The number of carbonyl (C=O) groups is 1. The number of nitrogens with zero attached hydrogens (tertiary/aromatic N) is 2. The van der Waals surface area contributed by atoms with Gasteiger partial charge in [0.05, 0.1) is 38.1 Å². The number of aromatic nitrogens is 1. The summed E-state index contributed by atoms with van der Waals surface area (Å²) in [7, 11) is 0. The lowest BCUT2D eigenvalue weighted by molar-refractivity contribution is -0.154. The Balaban J connectivity index is 1.29. The summed E-state index contributed by atoms with van der Waals surface area (Å²) < 4.78 is 11.8. The lowest BCUT2D eigenvalue weighted by Gasteiger charge is -2.42. The van der Waals surface area contributed by atoms with Crippen molar-refractivity contribution in [2.24, 2.45) is 11.8 Å². The van der Waals surface area contributed by atoms with Crippen LogP contribution in [-0.2, 0) is 20.9 Å². The Morgan fingerprint density at radius 3 is 2.84 bits per heavy atom. The van der Waals surface area contributed by atoms with Crippen molar-refractivity contribution in [3.8, 4) is 0 Å². The van der Waals surface area contributed by atoms with Crippen molar-refractivity contribution in [1.82, 2.24) is 9.88 Å². The Bertz CT molecular complexity index is 590. The molecular formula is C19H26N2O4. The average molecular weight is 346 g/mol. The van der Waals surface area contributed by atoms with Crippen LogP contribution in [0.25, 0.3) is 0 Å². The van der Waals surface area contributed by atoms with Crippen LogP contribution >= 0.6 is 0 Å². The lowest BCUT2D eigenvalue weighted by atomic mass is 9.81. The molecule has 2 saturated carbocycles. The molecule has 1 saturated heterocycles. The van der Waals surface area contributed by atoms with Crippen molar-refractivity contribution in [3.63, 3.8) is 0 Å². The van der Waals surface area contributed by atoms with Crippen molar-refractivity contribution in [1.29, 1.82) is 0 Å². The highest BCUT2D eigenvalue weighted by molar-refractivity contribution is 5.80. The van der Waals surface area contributed by atoms with E-state index in [1.165, 1.54) is 0 Å². The Kier molecular flexibility index (Phi) is 5.01. The topological polar surface area (TPSA) is 71.9 Å². The number of hydrogen-bond acceptors (Lipinski definition) is 5. The van der Waals surface area contributed by atoms with Crippen LogP contribution in [-0.4, -0.2) is 58.9 Å². The highest BCUT2D eigenvalue weighted by Crippen LogP contribution is 2.37. The zero-order valence-corrected chi connectivity index (χ0v) is 14.4. The van der Waals surface area contributed by atoms with Gasteiger partial charge in [-0.15, -0.1) is 0 Å². The van der Waals surface area contributed by atoms with E-state index in [0.29, 0.717) is 45.1 Å². The van der Waals surface area contributed by atoms with Gasteiger partial charge in [-0.3, -0.25) is 9.78 Å². The largest absolute Gasteiger partial charge is 0.393 e. The molecule has 2 aliphatic carbocycles. The van der Waals surface area contributed by atoms with Gasteiger partial charge < -0.3 is 19.5 Å². The molecule has 0 bridgehead atoms. The molecule has 3 fully saturated rings. The molecule has 1 amide bonds. The molecule has 6 nitrogen and oxygen atoms in total. The first-order chi connectivity index (χ1) is 12.2. The second kappa shape index (κ2) is 7.40. The van der Waals surface area contributed by atoms with Gasteiger partial charge in [0.25, 0.3) is 0 Å².